The van der Waals surface area contributed by atoms with E-state index in [0.29, 0.717) is 37.6 Å². The maximum absolute atomic E-state index is 13.5. The predicted octanol–water partition coefficient (Wildman–Crippen LogP) is 3.80. The lowest BCUT2D eigenvalue weighted by Crippen LogP contribution is -2.37. The Labute approximate surface area is 154 Å². The van der Waals surface area contributed by atoms with Crippen LogP contribution in [0.2, 0.25) is 0 Å². The van der Waals surface area contributed by atoms with E-state index in [9.17, 15) is 18.0 Å². The fraction of sp³-hybridized carbons (Fsp3) is 0.316. The molecule has 8 heteroatoms. The molecule has 0 aliphatic carbocycles. The number of hydrogen-bond acceptors (Lipinski definition) is 4. The van der Waals surface area contributed by atoms with E-state index < -0.39 is 17.6 Å². The zero-order chi connectivity index (χ0) is 19.4. The summed E-state index contributed by atoms with van der Waals surface area (Å²) in [5.41, 5.74) is -0.285. The molecule has 1 aliphatic rings. The van der Waals surface area contributed by atoms with Gasteiger partial charge in [0.15, 0.2) is 0 Å². The second kappa shape index (κ2) is 7.87. The summed E-state index contributed by atoms with van der Waals surface area (Å²) >= 11 is 0. The van der Waals surface area contributed by atoms with Gasteiger partial charge < -0.3 is 19.7 Å². The third kappa shape index (κ3) is 4.51. The van der Waals surface area contributed by atoms with Crippen molar-refractivity contribution in [3.63, 3.8) is 0 Å². The molecule has 0 bridgehead atoms. The molecule has 0 aromatic heterocycles. The summed E-state index contributed by atoms with van der Waals surface area (Å²) < 4.78 is 50.8. The second-order valence-corrected chi connectivity index (χ2v) is 6.01. The number of amides is 1. The van der Waals surface area contributed by atoms with Crippen molar-refractivity contribution in [2.75, 3.05) is 43.6 Å². The lowest BCUT2D eigenvalue weighted by Gasteiger charge is -2.31. The van der Waals surface area contributed by atoms with E-state index in [1.54, 1.807) is 29.2 Å². The number of rotatable bonds is 4. The lowest BCUT2D eigenvalue weighted by atomic mass is 10.1. The van der Waals surface area contributed by atoms with Crippen molar-refractivity contribution in [2.24, 2.45) is 0 Å². The molecule has 1 fully saturated rings. The molecule has 0 radical (unpaired) electrons. The number of carbonyl (C=O) groups is 1. The highest BCUT2D eigenvalue weighted by Crippen LogP contribution is 2.38. The summed E-state index contributed by atoms with van der Waals surface area (Å²) in [6.07, 6.45) is -4.53. The van der Waals surface area contributed by atoms with Gasteiger partial charge >= 0.3 is 6.18 Å². The average Bonchev–Trinajstić information content (AvgIpc) is 2.68. The minimum absolute atomic E-state index is 0.0835. The zero-order valence-electron chi connectivity index (χ0n) is 14.7. The molecule has 27 heavy (non-hydrogen) atoms. The monoisotopic (exact) mass is 380 g/mol. The van der Waals surface area contributed by atoms with Gasteiger partial charge in [-0.1, -0.05) is 0 Å². The van der Waals surface area contributed by atoms with Crippen LogP contribution in [0.3, 0.4) is 0 Å². The van der Waals surface area contributed by atoms with Gasteiger partial charge in [0.2, 0.25) is 0 Å². The van der Waals surface area contributed by atoms with Gasteiger partial charge in [-0.2, -0.15) is 13.2 Å². The van der Waals surface area contributed by atoms with Crippen molar-refractivity contribution in [3.8, 4) is 5.75 Å². The minimum atomic E-state index is -4.53. The Hall–Kier alpha value is -2.74. The van der Waals surface area contributed by atoms with E-state index in [4.69, 9.17) is 9.47 Å². The van der Waals surface area contributed by atoms with E-state index >= 15 is 0 Å². The summed E-state index contributed by atoms with van der Waals surface area (Å²) in [6.45, 7) is 1.54. The van der Waals surface area contributed by atoms with Crippen molar-refractivity contribution < 1.29 is 27.4 Å². The molecular formula is C19H19F3N2O3. The highest BCUT2D eigenvalue weighted by molar-refractivity contribution is 6.04. The topological polar surface area (TPSA) is 50.8 Å². The normalized spacial score (nSPS) is 14.7. The van der Waals surface area contributed by atoms with Crippen molar-refractivity contribution in [1.29, 1.82) is 0 Å². The number of ether oxygens (including phenoxy) is 2. The Bertz CT molecular complexity index is 801. The van der Waals surface area contributed by atoms with Gasteiger partial charge in [-0.05, 0) is 42.5 Å². The van der Waals surface area contributed by atoms with Crippen LogP contribution in [0.1, 0.15) is 15.9 Å². The molecule has 0 unspecified atom stereocenters. The molecule has 1 N–H and O–H groups in total. The van der Waals surface area contributed by atoms with E-state index in [1.165, 1.54) is 19.2 Å². The van der Waals surface area contributed by atoms with Gasteiger partial charge in [0, 0.05) is 30.0 Å². The maximum atomic E-state index is 13.5. The van der Waals surface area contributed by atoms with Gasteiger partial charge in [0.25, 0.3) is 5.91 Å². The zero-order valence-corrected chi connectivity index (χ0v) is 14.7. The summed E-state index contributed by atoms with van der Waals surface area (Å²) in [6, 6.07) is 10.1. The van der Waals surface area contributed by atoms with Crippen LogP contribution in [0.25, 0.3) is 0 Å². The number of alkyl halides is 3. The van der Waals surface area contributed by atoms with Crippen LogP contribution in [0.5, 0.6) is 5.75 Å². The quantitative estimate of drug-likeness (QED) is 0.877. The van der Waals surface area contributed by atoms with Gasteiger partial charge in [-0.15, -0.1) is 0 Å². The first-order valence-electron chi connectivity index (χ1n) is 8.38. The van der Waals surface area contributed by atoms with Crippen LogP contribution in [-0.4, -0.2) is 39.3 Å². The molecule has 1 saturated heterocycles. The molecule has 0 atom stereocenters. The number of halogens is 3. The van der Waals surface area contributed by atoms with E-state index in [0.717, 1.165) is 6.07 Å². The largest absolute Gasteiger partial charge is 0.497 e. The van der Waals surface area contributed by atoms with Crippen molar-refractivity contribution in [2.45, 2.75) is 6.18 Å². The first kappa shape index (κ1) is 19.0. The number of carbonyl (C=O) groups excluding carboxylic acids is 1. The fourth-order valence-electron chi connectivity index (χ4n) is 2.87. The van der Waals surface area contributed by atoms with Gasteiger partial charge in [-0.25, -0.2) is 0 Å². The number of anilines is 2. The van der Waals surface area contributed by atoms with Crippen molar-refractivity contribution in [3.05, 3.63) is 53.6 Å². The van der Waals surface area contributed by atoms with Crippen LogP contribution >= 0.6 is 0 Å². The van der Waals surface area contributed by atoms with E-state index in [-0.39, 0.29) is 11.4 Å². The van der Waals surface area contributed by atoms with Crippen LogP contribution in [0.15, 0.2) is 42.5 Å². The van der Waals surface area contributed by atoms with Crippen LogP contribution in [0.4, 0.5) is 24.5 Å². The van der Waals surface area contributed by atoms with Crippen molar-refractivity contribution >= 4 is 17.3 Å². The Morgan fingerprint density at radius 2 is 1.78 bits per heavy atom. The first-order chi connectivity index (χ1) is 12.9. The SMILES string of the molecule is COc1ccc(C(=O)Nc2ccc(N3CCOCC3)c(C(F)(F)F)c2)cc1. The second-order valence-electron chi connectivity index (χ2n) is 6.01. The third-order valence-electron chi connectivity index (χ3n) is 4.26. The Balaban J connectivity index is 1.84. The molecule has 1 amide bonds. The Morgan fingerprint density at radius 3 is 2.37 bits per heavy atom. The predicted molar refractivity (Wildman–Crippen MR) is 95.4 cm³/mol. The summed E-state index contributed by atoms with van der Waals surface area (Å²) in [4.78, 5) is 13.9. The molecule has 2 aromatic carbocycles. The highest BCUT2D eigenvalue weighted by Gasteiger charge is 2.35. The number of hydrogen-bond donors (Lipinski definition) is 1. The number of methoxy groups -OCH3 is 1. The molecule has 1 heterocycles. The highest BCUT2D eigenvalue weighted by atomic mass is 19.4. The summed E-state index contributed by atoms with van der Waals surface area (Å²) in [5, 5.41) is 2.52. The average molecular weight is 380 g/mol. The number of benzene rings is 2. The molecular weight excluding hydrogens is 361 g/mol. The smallest absolute Gasteiger partial charge is 0.418 e. The minimum Gasteiger partial charge on any atom is -0.497 e. The Kier molecular flexibility index (Phi) is 5.55. The molecule has 0 saturated carbocycles. The molecule has 5 nitrogen and oxygen atoms in total. The number of nitrogens with one attached hydrogen (secondary N) is 1. The van der Waals surface area contributed by atoms with Gasteiger partial charge in [-0.3, -0.25) is 4.79 Å². The summed E-state index contributed by atoms with van der Waals surface area (Å²) in [5.74, 6) is 0.0886. The van der Waals surface area contributed by atoms with Crippen LogP contribution in [-0.2, 0) is 10.9 Å². The summed E-state index contributed by atoms with van der Waals surface area (Å²) in [7, 11) is 1.50. The molecule has 0 spiro atoms. The standard InChI is InChI=1S/C19H19F3N2O3/c1-26-15-5-2-13(3-6-15)18(25)23-14-4-7-17(16(12-14)19(20,21)22)24-8-10-27-11-9-24/h2-7,12H,8-11H2,1H3,(H,23,25). The third-order valence-corrected chi connectivity index (χ3v) is 4.26. The van der Waals surface area contributed by atoms with Gasteiger partial charge in [0.1, 0.15) is 5.75 Å². The maximum Gasteiger partial charge on any atom is 0.418 e. The van der Waals surface area contributed by atoms with Crippen molar-refractivity contribution in [1.82, 2.24) is 0 Å². The molecule has 2 aromatic rings. The lowest BCUT2D eigenvalue weighted by molar-refractivity contribution is -0.137. The van der Waals surface area contributed by atoms with E-state index in [2.05, 4.69) is 5.32 Å². The number of nitrogens with zero attached hydrogens (tertiary/aromatic N) is 1. The fourth-order valence-corrected chi connectivity index (χ4v) is 2.87. The van der Waals surface area contributed by atoms with Crippen LogP contribution in [0, 0.1) is 0 Å². The molecule has 1 aliphatic heterocycles. The van der Waals surface area contributed by atoms with Gasteiger partial charge in [0.05, 0.1) is 25.9 Å². The van der Waals surface area contributed by atoms with Crippen LogP contribution < -0.4 is 15.0 Å². The first-order valence-corrected chi connectivity index (χ1v) is 8.38. The number of morpholine rings is 1. The molecule has 144 valence electrons. The Morgan fingerprint density at radius 1 is 1.11 bits per heavy atom. The molecule has 3 rings (SSSR count). The van der Waals surface area contributed by atoms with E-state index in [1.807, 2.05) is 0 Å².